The molecule has 0 N–H and O–H groups in total. The summed E-state index contributed by atoms with van der Waals surface area (Å²) in [5, 5.41) is 0. The monoisotopic (exact) mass is 645 g/mol. The zero-order chi connectivity index (χ0) is 33.0. The second-order valence-corrected chi connectivity index (χ2v) is 15.2. The Morgan fingerprint density at radius 2 is 0.652 bits per heavy atom. The molecule has 0 radical (unpaired) electrons. The van der Waals surface area contributed by atoms with E-state index in [4.69, 9.17) is 4.74 Å². The fourth-order valence-corrected chi connectivity index (χ4v) is 7.30. The maximum absolute atomic E-state index is 12.0. The van der Waals surface area contributed by atoms with Crippen LogP contribution >= 0.6 is 0 Å². The van der Waals surface area contributed by atoms with E-state index in [1.165, 1.54) is 231 Å². The summed E-state index contributed by atoms with van der Waals surface area (Å²) in [5.74, 6) is 1.09. The highest BCUT2D eigenvalue weighted by molar-refractivity contribution is 5.82. The Morgan fingerprint density at radius 3 is 0.935 bits per heavy atom. The highest BCUT2D eigenvalue weighted by Crippen LogP contribution is 2.32. The van der Waals surface area contributed by atoms with Crippen LogP contribution in [0, 0.1) is 5.92 Å². The summed E-state index contributed by atoms with van der Waals surface area (Å²) in [6.45, 7) is 4.60. The van der Waals surface area contributed by atoms with E-state index in [2.05, 4.69) is 19.9 Å². The second-order valence-electron chi connectivity index (χ2n) is 15.2. The summed E-state index contributed by atoms with van der Waals surface area (Å²) < 4.78 is 5.40. The summed E-state index contributed by atoms with van der Waals surface area (Å²) in [5.41, 5.74) is 0. The van der Waals surface area contributed by atoms with E-state index in [0.29, 0.717) is 0 Å². The second kappa shape index (κ2) is 35.5. The number of hydrogen-bond donors (Lipinski definition) is 0. The van der Waals surface area contributed by atoms with Gasteiger partial charge in [0, 0.05) is 0 Å². The number of allylic oxidation sites excluding steroid dienone is 1. The Labute approximate surface area is 290 Å². The van der Waals surface area contributed by atoms with Crippen LogP contribution in [0.15, 0.2) is 11.8 Å². The molecule has 1 saturated heterocycles. The van der Waals surface area contributed by atoms with Gasteiger partial charge in [0.05, 0.1) is 0 Å². The lowest BCUT2D eigenvalue weighted by Crippen LogP contribution is -2.32. The largest absolute Gasteiger partial charge is 0.430 e. The van der Waals surface area contributed by atoms with Gasteiger partial charge >= 0.3 is 5.97 Å². The molecule has 2 heteroatoms. The molecule has 0 amide bonds. The molecular formula is C44H84O2. The topological polar surface area (TPSA) is 26.3 Å². The number of esters is 1. The van der Waals surface area contributed by atoms with Crippen molar-refractivity contribution < 1.29 is 9.53 Å². The SMILES string of the molecule is CCCCCCCCCCCCCCCCCCCC/C=C1\OC(=O)C1CCCCCCCCCCCCCCCCCCCC. The number of unbranched alkanes of at least 4 members (excludes halogenated alkanes) is 35. The fraction of sp³-hybridized carbons (Fsp3) is 0.932. The quantitative estimate of drug-likeness (QED) is 0.0494. The van der Waals surface area contributed by atoms with E-state index in [1.807, 2.05) is 0 Å². The average Bonchev–Trinajstić information content (AvgIpc) is 3.06. The number of carbonyl (C=O) groups excluding carboxylic acids is 1. The van der Waals surface area contributed by atoms with Crippen molar-refractivity contribution in [1.82, 2.24) is 0 Å². The third-order valence-corrected chi connectivity index (χ3v) is 10.6. The molecule has 46 heavy (non-hydrogen) atoms. The molecule has 0 aromatic heterocycles. The number of cyclic esters (lactones) is 1. The lowest BCUT2D eigenvalue weighted by molar-refractivity contribution is -0.157. The van der Waals surface area contributed by atoms with Gasteiger partial charge in [-0.1, -0.05) is 239 Å². The van der Waals surface area contributed by atoms with E-state index < -0.39 is 0 Å². The van der Waals surface area contributed by atoms with Crippen molar-refractivity contribution in [2.75, 3.05) is 0 Å². The van der Waals surface area contributed by atoms with E-state index in [9.17, 15) is 4.79 Å². The molecule has 1 heterocycles. The standard InChI is InChI=1S/C44H84O2/c1-3-5-7-9-11-13-15-17-19-21-23-25-27-29-31-33-35-37-39-41-43-42(44(45)46-43)40-38-36-34-32-30-28-26-24-22-20-18-16-14-12-10-8-6-4-2/h41-42H,3-40H2,1-2H3/b43-41-. The molecule has 0 aliphatic carbocycles. The van der Waals surface area contributed by atoms with Crippen LogP contribution in [0.4, 0.5) is 0 Å². The van der Waals surface area contributed by atoms with Gasteiger partial charge in [-0.05, 0) is 25.3 Å². The maximum atomic E-state index is 12.0. The Balaban J connectivity index is 1.80. The minimum Gasteiger partial charge on any atom is -0.430 e. The number of hydrogen-bond acceptors (Lipinski definition) is 2. The Kier molecular flexibility index (Phi) is 33.4. The predicted molar refractivity (Wildman–Crippen MR) is 204 cm³/mol. The van der Waals surface area contributed by atoms with Gasteiger partial charge in [-0.2, -0.15) is 0 Å². The van der Waals surface area contributed by atoms with Crippen molar-refractivity contribution in [3.8, 4) is 0 Å². The molecule has 0 aromatic carbocycles. The Hall–Kier alpha value is -0.790. The normalized spacial score (nSPS) is 15.5. The first kappa shape index (κ1) is 43.2. The van der Waals surface area contributed by atoms with Gasteiger partial charge in [0.25, 0.3) is 0 Å². The highest BCUT2D eigenvalue weighted by Gasteiger charge is 2.36. The molecule has 0 bridgehead atoms. The smallest absolute Gasteiger partial charge is 0.321 e. The summed E-state index contributed by atoms with van der Waals surface area (Å²) in [6, 6.07) is 0. The Bertz CT molecular complexity index is 652. The molecule has 2 nitrogen and oxygen atoms in total. The first-order chi connectivity index (χ1) is 22.8. The average molecular weight is 645 g/mol. The third kappa shape index (κ3) is 28.2. The van der Waals surface area contributed by atoms with Crippen LogP contribution in [0.1, 0.15) is 258 Å². The van der Waals surface area contributed by atoms with Gasteiger partial charge in [-0.3, -0.25) is 4.79 Å². The predicted octanol–water partition coefficient (Wildman–Crippen LogP) is 15.9. The van der Waals surface area contributed by atoms with Crippen molar-refractivity contribution in [3.05, 3.63) is 11.8 Å². The van der Waals surface area contributed by atoms with E-state index in [1.54, 1.807) is 0 Å². The molecule has 0 spiro atoms. The number of rotatable bonds is 38. The third-order valence-electron chi connectivity index (χ3n) is 10.6. The first-order valence-electron chi connectivity index (χ1n) is 21.7. The van der Waals surface area contributed by atoms with E-state index >= 15 is 0 Å². The Morgan fingerprint density at radius 1 is 0.391 bits per heavy atom. The molecule has 1 atom stereocenters. The van der Waals surface area contributed by atoms with Gasteiger partial charge in [-0.15, -0.1) is 0 Å². The molecule has 1 fully saturated rings. The van der Waals surface area contributed by atoms with Crippen molar-refractivity contribution in [3.63, 3.8) is 0 Å². The van der Waals surface area contributed by atoms with Crippen molar-refractivity contribution >= 4 is 5.97 Å². The molecule has 0 saturated carbocycles. The summed E-state index contributed by atoms with van der Waals surface area (Å²) in [4.78, 5) is 12.0. The summed E-state index contributed by atoms with van der Waals surface area (Å²) in [7, 11) is 0. The van der Waals surface area contributed by atoms with Crippen LogP contribution in [0.5, 0.6) is 0 Å². The lowest BCUT2D eigenvalue weighted by atomic mass is 9.93. The van der Waals surface area contributed by atoms with Gasteiger partial charge in [-0.25, -0.2) is 0 Å². The fourth-order valence-electron chi connectivity index (χ4n) is 7.30. The molecular weight excluding hydrogens is 560 g/mol. The van der Waals surface area contributed by atoms with Crippen LogP contribution in [-0.4, -0.2) is 5.97 Å². The number of ether oxygens (including phenoxy) is 1. The van der Waals surface area contributed by atoms with Crippen molar-refractivity contribution in [2.24, 2.45) is 5.92 Å². The minimum atomic E-state index is 0.0241. The summed E-state index contributed by atoms with van der Waals surface area (Å²) >= 11 is 0. The van der Waals surface area contributed by atoms with Crippen molar-refractivity contribution in [1.29, 1.82) is 0 Å². The molecule has 1 aliphatic rings. The van der Waals surface area contributed by atoms with E-state index in [0.717, 1.165) is 18.6 Å². The van der Waals surface area contributed by atoms with Gasteiger partial charge < -0.3 is 4.74 Å². The van der Waals surface area contributed by atoms with Crippen LogP contribution in [0.2, 0.25) is 0 Å². The molecule has 1 rings (SSSR count). The lowest BCUT2D eigenvalue weighted by Gasteiger charge is -2.28. The van der Waals surface area contributed by atoms with Crippen LogP contribution in [-0.2, 0) is 9.53 Å². The van der Waals surface area contributed by atoms with Gasteiger partial charge in [0.2, 0.25) is 0 Å². The molecule has 272 valence electrons. The van der Waals surface area contributed by atoms with Gasteiger partial charge in [0.15, 0.2) is 0 Å². The maximum Gasteiger partial charge on any atom is 0.321 e. The van der Waals surface area contributed by atoms with Crippen LogP contribution < -0.4 is 0 Å². The minimum absolute atomic E-state index is 0.0241. The van der Waals surface area contributed by atoms with Crippen LogP contribution in [0.3, 0.4) is 0 Å². The zero-order valence-electron chi connectivity index (χ0n) is 31.8. The first-order valence-corrected chi connectivity index (χ1v) is 21.7. The molecule has 1 unspecified atom stereocenters. The molecule has 0 aromatic rings. The van der Waals surface area contributed by atoms with E-state index in [-0.39, 0.29) is 11.9 Å². The number of carbonyl (C=O) groups is 1. The molecule has 1 aliphatic heterocycles. The highest BCUT2D eigenvalue weighted by atomic mass is 16.6. The zero-order valence-corrected chi connectivity index (χ0v) is 31.8. The van der Waals surface area contributed by atoms with Crippen LogP contribution in [0.25, 0.3) is 0 Å². The van der Waals surface area contributed by atoms with Gasteiger partial charge in [0.1, 0.15) is 11.7 Å². The van der Waals surface area contributed by atoms with Crippen molar-refractivity contribution in [2.45, 2.75) is 258 Å². The summed E-state index contributed by atoms with van der Waals surface area (Å²) in [6.07, 6.45) is 55.1.